The third-order valence-electron chi connectivity index (χ3n) is 5.95. The number of carbonyl (C=O) groups excluding carboxylic acids is 3. The third kappa shape index (κ3) is 3.45. The molecule has 2 aliphatic heterocycles. The van der Waals surface area contributed by atoms with Crippen LogP contribution >= 0.6 is 11.8 Å². The van der Waals surface area contributed by atoms with Crippen LogP contribution in [0, 0.1) is 11.8 Å². The average Bonchev–Trinajstić information content (AvgIpc) is 3.20. The fraction of sp³-hybridized carbons (Fsp3) is 0.455. The maximum absolute atomic E-state index is 13.7. The quantitative estimate of drug-likeness (QED) is 0.841. The maximum Gasteiger partial charge on any atom is 0.254 e. The highest BCUT2D eigenvalue weighted by Crippen LogP contribution is 2.46. The van der Waals surface area contributed by atoms with Gasteiger partial charge in [-0.15, -0.1) is 11.8 Å². The van der Waals surface area contributed by atoms with Crippen molar-refractivity contribution >= 4 is 40.4 Å². The minimum Gasteiger partial charge on any atom is -0.344 e. The van der Waals surface area contributed by atoms with E-state index in [4.69, 9.17) is 0 Å². The van der Waals surface area contributed by atoms with Gasteiger partial charge in [0, 0.05) is 18.0 Å². The van der Waals surface area contributed by atoms with Crippen LogP contribution < -0.4 is 5.32 Å². The van der Waals surface area contributed by atoms with Crippen molar-refractivity contribution in [3.05, 3.63) is 42.9 Å². The summed E-state index contributed by atoms with van der Waals surface area (Å²) in [5.41, 5.74) is 0.482. The summed E-state index contributed by atoms with van der Waals surface area (Å²) in [4.78, 5) is 40.8. The smallest absolute Gasteiger partial charge is 0.254 e. The van der Waals surface area contributed by atoms with Crippen molar-refractivity contribution < 1.29 is 14.4 Å². The number of rotatable bonds is 3. The molecule has 1 aromatic carbocycles. The van der Waals surface area contributed by atoms with Gasteiger partial charge in [-0.25, -0.2) is 0 Å². The van der Waals surface area contributed by atoms with E-state index >= 15 is 0 Å². The molecule has 0 bridgehead atoms. The largest absolute Gasteiger partial charge is 0.344 e. The molecule has 0 aliphatic carbocycles. The Labute approximate surface area is 175 Å². The second-order valence-electron chi connectivity index (χ2n) is 8.39. The molecule has 2 aliphatic rings. The summed E-state index contributed by atoms with van der Waals surface area (Å²) in [7, 11) is 0. The zero-order valence-corrected chi connectivity index (χ0v) is 17.7. The maximum atomic E-state index is 13.7. The zero-order valence-electron chi connectivity index (χ0n) is 16.9. The van der Waals surface area contributed by atoms with Gasteiger partial charge < -0.3 is 10.2 Å². The molecule has 7 heteroatoms. The van der Waals surface area contributed by atoms with Crippen LogP contribution in [0.15, 0.2) is 36.5 Å². The molecular weight excluding hydrogens is 386 g/mol. The first-order chi connectivity index (χ1) is 13.8. The van der Waals surface area contributed by atoms with E-state index in [9.17, 15) is 14.4 Å². The van der Waals surface area contributed by atoms with Gasteiger partial charge in [0.1, 0.15) is 12.1 Å². The summed E-state index contributed by atoms with van der Waals surface area (Å²) in [6.07, 6.45) is 4.53. The molecule has 0 spiro atoms. The molecule has 1 radical (unpaired) electrons. The molecule has 0 unspecified atom stereocenters. The number of fused-ring (bicyclic) bond motifs is 2. The number of hydrogen-bond donors (Lipinski definition) is 1. The van der Waals surface area contributed by atoms with E-state index in [2.05, 4.69) is 19.2 Å². The number of benzene rings is 1. The van der Waals surface area contributed by atoms with Crippen LogP contribution in [-0.2, 0) is 9.59 Å². The average molecular weight is 413 g/mol. The Morgan fingerprint density at radius 3 is 2.76 bits per heavy atom. The van der Waals surface area contributed by atoms with Crippen molar-refractivity contribution in [1.29, 1.82) is 0 Å². The van der Waals surface area contributed by atoms with E-state index < -0.39 is 12.1 Å². The SMILES string of the molecule is C[CH]C(=O)N[C@H]1CCS[C@H]2CC(C)(C)[C@@H](C(=O)n3ccc4ccccc43)N2C1=O. The topological polar surface area (TPSA) is 71.4 Å². The lowest BCUT2D eigenvalue weighted by atomic mass is 9.84. The molecule has 4 rings (SSSR count). The molecule has 2 saturated heterocycles. The number of amides is 2. The Hall–Kier alpha value is -2.28. The van der Waals surface area contributed by atoms with E-state index in [1.807, 2.05) is 30.3 Å². The lowest BCUT2D eigenvalue weighted by molar-refractivity contribution is -0.137. The van der Waals surface area contributed by atoms with Gasteiger partial charge in [-0.2, -0.15) is 0 Å². The monoisotopic (exact) mass is 412 g/mol. The van der Waals surface area contributed by atoms with Gasteiger partial charge in [0.15, 0.2) is 0 Å². The highest BCUT2D eigenvalue weighted by molar-refractivity contribution is 7.99. The van der Waals surface area contributed by atoms with Crippen LogP contribution in [0.5, 0.6) is 0 Å². The van der Waals surface area contributed by atoms with Gasteiger partial charge in [-0.05, 0) is 36.1 Å². The molecule has 1 N–H and O–H groups in total. The van der Waals surface area contributed by atoms with Gasteiger partial charge in [-0.3, -0.25) is 19.0 Å². The predicted molar refractivity (Wildman–Crippen MR) is 114 cm³/mol. The Bertz CT molecular complexity index is 967. The summed E-state index contributed by atoms with van der Waals surface area (Å²) in [6, 6.07) is 8.50. The van der Waals surface area contributed by atoms with E-state index in [-0.39, 0.29) is 28.5 Å². The van der Waals surface area contributed by atoms with Crippen LogP contribution in [0.3, 0.4) is 0 Å². The Kier molecular flexibility index (Phi) is 5.19. The van der Waals surface area contributed by atoms with E-state index in [0.717, 1.165) is 23.1 Å². The van der Waals surface area contributed by atoms with Crippen molar-refractivity contribution in [2.24, 2.45) is 5.41 Å². The summed E-state index contributed by atoms with van der Waals surface area (Å²) in [5.74, 6) is 0.257. The lowest BCUT2D eigenvalue weighted by Crippen LogP contribution is -2.55. The van der Waals surface area contributed by atoms with Crippen LogP contribution in [0.1, 0.15) is 38.4 Å². The van der Waals surface area contributed by atoms with Crippen molar-refractivity contribution in [1.82, 2.24) is 14.8 Å². The molecule has 1 aromatic heterocycles. The summed E-state index contributed by atoms with van der Waals surface area (Å²) in [5, 5.41) is 3.74. The molecule has 2 aromatic rings. The van der Waals surface area contributed by atoms with Crippen molar-refractivity contribution in [3.8, 4) is 0 Å². The number of nitrogens with one attached hydrogen (secondary N) is 1. The molecule has 0 saturated carbocycles. The zero-order chi connectivity index (χ0) is 20.8. The first-order valence-electron chi connectivity index (χ1n) is 9.97. The number of nitrogens with zero attached hydrogens (tertiary/aromatic N) is 2. The van der Waals surface area contributed by atoms with E-state index in [1.54, 1.807) is 34.3 Å². The predicted octanol–water partition coefficient (Wildman–Crippen LogP) is 3.08. The standard InChI is InChI=1S/C22H26N3O3S/c1-4-17(26)23-15-10-12-29-18-13-22(2,3)19(25(18)20(15)27)21(28)24-11-9-14-7-5-6-8-16(14)24/h4-9,11,15,18-19H,10,12-13H2,1-3H3,(H,23,26)/t15-,18-,19+/m0/s1. The lowest BCUT2D eigenvalue weighted by Gasteiger charge is -2.34. The Balaban J connectivity index is 1.71. The van der Waals surface area contributed by atoms with Crippen LogP contribution in [-0.4, -0.2) is 50.4 Å². The van der Waals surface area contributed by atoms with Gasteiger partial charge >= 0.3 is 0 Å². The number of thioether (sulfide) groups is 1. The molecule has 153 valence electrons. The molecular formula is C22H26N3O3S. The third-order valence-corrected chi connectivity index (χ3v) is 7.20. The highest BCUT2D eigenvalue weighted by Gasteiger charge is 2.54. The van der Waals surface area contributed by atoms with Gasteiger partial charge in [0.2, 0.25) is 11.8 Å². The normalized spacial score (nSPS) is 26.2. The molecule has 3 heterocycles. The first-order valence-corrected chi connectivity index (χ1v) is 11.0. The molecule has 3 atom stereocenters. The van der Waals surface area contributed by atoms with E-state index in [1.165, 1.54) is 6.42 Å². The van der Waals surface area contributed by atoms with Crippen LogP contribution in [0.2, 0.25) is 0 Å². The number of hydrogen-bond acceptors (Lipinski definition) is 4. The molecule has 29 heavy (non-hydrogen) atoms. The van der Waals surface area contributed by atoms with Gasteiger partial charge in [0.05, 0.1) is 10.9 Å². The Morgan fingerprint density at radius 1 is 1.24 bits per heavy atom. The summed E-state index contributed by atoms with van der Waals surface area (Å²) in [6.45, 7) is 5.75. The van der Waals surface area contributed by atoms with E-state index in [0.29, 0.717) is 6.42 Å². The number of carbonyl (C=O) groups is 3. The molecule has 2 amide bonds. The second-order valence-corrected chi connectivity index (χ2v) is 9.67. The number of aromatic nitrogens is 1. The summed E-state index contributed by atoms with van der Waals surface area (Å²) < 4.78 is 1.67. The first kappa shape index (κ1) is 20.0. The van der Waals surface area contributed by atoms with Gasteiger partial charge in [0.25, 0.3) is 5.91 Å². The highest BCUT2D eigenvalue weighted by atomic mass is 32.2. The fourth-order valence-electron chi connectivity index (χ4n) is 4.49. The Morgan fingerprint density at radius 2 is 2.00 bits per heavy atom. The van der Waals surface area contributed by atoms with Gasteiger partial charge in [-0.1, -0.05) is 39.0 Å². The van der Waals surface area contributed by atoms with Crippen molar-refractivity contribution in [2.75, 3.05) is 5.75 Å². The molecule has 2 fully saturated rings. The van der Waals surface area contributed by atoms with Crippen molar-refractivity contribution in [2.45, 2.75) is 51.1 Å². The van der Waals surface area contributed by atoms with Crippen LogP contribution in [0.4, 0.5) is 0 Å². The fourth-order valence-corrected chi connectivity index (χ4v) is 6.06. The number of para-hydroxylation sites is 1. The minimum absolute atomic E-state index is 0.0548. The van der Waals surface area contributed by atoms with Crippen LogP contribution in [0.25, 0.3) is 10.9 Å². The van der Waals surface area contributed by atoms with Crippen molar-refractivity contribution in [3.63, 3.8) is 0 Å². The minimum atomic E-state index is -0.596. The second kappa shape index (κ2) is 7.52. The molecule has 6 nitrogen and oxygen atoms in total. The summed E-state index contributed by atoms with van der Waals surface area (Å²) >= 11 is 1.70.